The first-order valence-electron chi connectivity index (χ1n) is 5.82. The Morgan fingerprint density at radius 2 is 1.94 bits per heavy atom. The molecule has 0 saturated carbocycles. The van der Waals surface area contributed by atoms with Crippen LogP contribution in [0.25, 0.3) is 0 Å². The molecule has 90 valence electrons. The monoisotopic (exact) mass is 224 g/mol. The van der Waals surface area contributed by atoms with Gasteiger partial charge >= 0.3 is 0 Å². The Bertz CT molecular complexity index is 318. The maximum Gasteiger partial charge on any atom is 0.0764 e. The Labute approximate surface area is 96.3 Å². The van der Waals surface area contributed by atoms with E-state index in [9.17, 15) is 0 Å². The Morgan fingerprint density at radius 3 is 2.50 bits per heavy atom. The Balaban J connectivity index is 1.77. The molecule has 0 atom stereocenters. The molecule has 0 aromatic carbocycles. The van der Waals surface area contributed by atoms with Gasteiger partial charge in [-0.05, 0) is 6.07 Å². The van der Waals surface area contributed by atoms with Crippen molar-refractivity contribution < 1.29 is 5.11 Å². The van der Waals surface area contributed by atoms with E-state index in [1.165, 1.54) is 0 Å². The number of hydrogen-bond acceptors (Lipinski definition) is 4. The average Bonchev–Trinajstić information content (AvgIpc) is 2.67. The molecule has 2 rings (SSSR count). The van der Waals surface area contributed by atoms with Crippen molar-refractivity contribution in [2.45, 2.75) is 6.54 Å². The van der Waals surface area contributed by atoms with Crippen LogP contribution in [0.2, 0.25) is 0 Å². The lowest BCUT2D eigenvalue weighted by atomic mass is 10.3. The van der Waals surface area contributed by atoms with Crippen LogP contribution in [-0.4, -0.2) is 64.0 Å². The molecule has 16 heavy (non-hydrogen) atoms. The third kappa shape index (κ3) is 3.04. The van der Waals surface area contributed by atoms with E-state index < -0.39 is 0 Å². The van der Waals surface area contributed by atoms with Crippen molar-refractivity contribution in [3.05, 3.63) is 18.0 Å². The third-order valence-corrected chi connectivity index (χ3v) is 3.04. The standard InChI is InChI=1S/C11H20N4O/c1-13-3-2-11(12-13)10-15-6-4-14(5-7-15)8-9-16/h2-3,16H,4-10H2,1H3. The molecule has 5 heteroatoms. The molecule has 0 aliphatic carbocycles. The summed E-state index contributed by atoms with van der Waals surface area (Å²) in [6.45, 7) is 6.24. The molecule has 0 spiro atoms. The van der Waals surface area contributed by atoms with Gasteiger partial charge in [-0.25, -0.2) is 0 Å². The van der Waals surface area contributed by atoms with Gasteiger partial charge in [0.05, 0.1) is 12.3 Å². The topological polar surface area (TPSA) is 44.5 Å². The van der Waals surface area contributed by atoms with Crippen molar-refractivity contribution in [2.24, 2.45) is 7.05 Å². The van der Waals surface area contributed by atoms with E-state index >= 15 is 0 Å². The van der Waals surface area contributed by atoms with Crippen molar-refractivity contribution in [2.75, 3.05) is 39.3 Å². The molecule has 1 aromatic heterocycles. The predicted molar refractivity (Wildman–Crippen MR) is 62.0 cm³/mol. The zero-order chi connectivity index (χ0) is 11.4. The van der Waals surface area contributed by atoms with E-state index in [1.807, 2.05) is 17.9 Å². The summed E-state index contributed by atoms with van der Waals surface area (Å²) >= 11 is 0. The predicted octanol–water partition coefficient (Wildman–Crippen LogP) is -0.470. The van der Waals surface area contributed by atoms with Crippen LogP contribution < -0.4 is 0 Å². The first-order chi connectivity index (χ1) is 7.78. The highest BCUT2D eigenvalue weighted by atomic mass is 16.3. The summed E-state index contributed by atoms with van der Waals surface area (Å²) in [5.74, 6) is 0. The summed E-state index contributed by atoms with van der Waals surface area (Å²) in [4.78, 5) is 4.71. The fourth-order valence-corrected chi connectivity index (χ4v) is 2.09. The number of aliphatic hydroxyl groups excluding tert-OH is 1. The number of aromatic nitrogens is 2. The molecule has 1 aliphatic rings. The summed E-state index contributed by atoms with van der Waals surface area (Å²) in [7, 11) is 1.95. The molecule has 2 heterocycles. The summed E-state index contributed by atoms with van der Waals surface area (Å²) in [5.41, 5.74) is 1.14. The average molecular weight is 224 g/mol. The Hall–Kier alpha value is -0.910. The van der Waals surface area contributed by atoms with Crippen molar-refractivity contribution in [3.8, 4) is 0 Å². The zero-order valence-electron chi connectivity index (χ0n) is 9.84. The Morgan fingerprint density at radius 1 is 1.25 bits per heavy atom. The van der Waals surface area contributed by atoms with Crippen LogP contribution in [0, 0.1) is 0 Å². The number of β-amino-alcohol motifs (C(OH)–C–C–N with tert-alkyl or cyclic N) is 1. The smallest absolute Gasteiger partial charge is 0.0764 e. The molecule has 1 N–H and O–H groups in total. The second kappa shape index (κ2) is 5.43. The Kier molecular flexibility index (Phi) is 3.93. The fourth-order valence-electron chi connectivity index (χ4n) is 2.09. The minimum absolute atomic E-state index is 0.264. The van der Waals surface area contributed by atoms with Crippen molar-refractivity contribution >= 4 is 0 Å². The number of aryl methyl sites for hydroxylation is 1. The van der Waals surface area contributed by atoms with Gasteiger partial charge in [-0.1, -0.05) is 0 Å². The second-order valence-corrected chi connectivity index (χ2v) is 4.32. The quantitative estimate of drug-likeness (QED) is 0.751. The summed E-state index contributed by atoms with van der Waals surface area (Å²) in [6.07, 6.45) is 1.98. The van der Waals surface area contributed by atoms with Gasteiger partial charge in [0.2, 0.25) is 0 Å². The normalized spacial score (nSPS) is 19.1. The summed E-state index contributed by atoms with van der Waals surface area (Å²) in [5, 5.41) is 13.2. The molecule has 5 nitrogen and oxygen atoms in total. The maximum atomic E-state index is 8.85. The van der Waals surface area contributed by atoms with E-state index in [-0.39, 0.29) is 6.61 Å². The van der Waals surface area contributed by atoms with Crippen LogP contribution in [-0.2, 0) is 13.6 Å². The molecule has 1 fully saturated rings. The van der Waals surface area contributed by atoms with Crippen molar-refractivity contribution in [3.63, 3.8) is 0 Å². The number of rotatable bonds is 4. The van der Waals surface area contributed by atoms with Gasteiger partial charge in [-0.3, -0.25) is 14.5 Å². The molecule has 1 aromatic rings. The minimum Gasteiger partial charge on any atom is -0.395 e. The van der Waals surface area contributed by atoms with E-state index in [4.69, 9.17) is 5.11 Å². The minimum atomic E-state index is 0.264. The first kappa shape index (κ1) is 11.6. The highest BCUT2D eigenvalue weighted by molar-refractivity contribution is 4.98. The molecular weight excluding hydrogens is 204 g/mol. The van der Waals surface area contributed by atoms with Gasteiger partial charge < -0.3 is 5.11 Å². The largest absolute Gasteiger partial charge is 0.395 e. The lowest BCUT2D eigenvalue weighted by Crippen LogP contribution is -2.46. The maximum absolute atomic E-state index is 8.85. The molecule has 0 bridgehead atoms. The van der Waals surface area contributed by atoms with Crippen molar-refractivity contribution in [1.29, 1.82) is 0 Å². The van der Waals surface area contributed by atoms with Crippen LogP contribution in [0.5, 0.6) is 0 Å². The molecule has 0 radical (unpaired) electrons. The van der Waals surface area contributed by atoms with Crippen molar-refractivity contribution in [1.82, 2.24) is 19.6 Å². The summed E-state index contributed by atoms with van der Waals surface area (Å²) < 4.78 is 1.84. The fraction of sp³-hybridized carbons (Fsp3) is 0.727. The molecular formula is C11H20N4O. The van der Waals surface area contributed by atoms with Gasteiger partial charge in [0.1, 0.15) is 0 Å². The number of piperazine rings is 1. The second-order valence-electron chi connectivity index (χ2n) is 4.32. The SMILES string of the molecule is Cn1ccc(CN2CCN(CCO)CC2)n1. The van der Waals surface area contributed by atoms with Gasteiger partial charge in [0.25, 0.3) is 0 Å². The zero-order valence-corrected chi connectivity index (χ0v) is 9.84. The van der Waals surface area contributed by atoms with E-state index in [2.05, 4.69) is 21.0 Å². The van der Waals surface area contributed by atoms with E-state index in [0.29, 0.717) is 0 Å². The van der Waals surface area contributed by atoms with E-state index in [1.54, 1.807) is 0 Å². The molecule has 0 unspecified atom stereocenters. The lowest BCUT2D eigenvalue weighted by molar-refractivity contribution is 0.107. The number of nitrogens with zero attached hydrogens (tertiary/aromatic N) is 4. The van der Waals surface area contributed by atoms with Gasteiger partial charge in [-0.2, -0.15) is 5.10 Å². The van der Waals surface area contributed by atoms with Gasteiger partial charge in [0, 0.05) is 52.5 Å². The number of hydrogen-bond donors (Lipinski definition) is 1. The third-order valence-electron chi connectivity index (χ3n) is 3.04. The van der Waals surface area contributed by atoms with Crippen LogP contribution in [0.4, 0.5) is 0 Å². The van der Waals surface area contributed by atoms with Crippen LogP contribution in [0.1, 0.15) is 5.69 Å². The van der Waals surface area contributed by atoms with Crippen LogP contribution >= 0.6 is 0 Å². The summed E-state index contributed by atoms with van der Waals surface area (Å²) in [6, 6.07) is 2.07. The molecule has 0 amide bonds. The highest BCUT2D eigenvalue weighted by Crippen LogP contribution is 2.06. The van der Waals surface area contributed by atoms with Gasteiger partial charge in [-0.15, -0.1) is 0 Å². The van der Waals surface area contributed by atoms with Gasteiger partial charge in [0.15, 0.2) is 0 Å². The highest BCUT2D eigenvalue weighted by Gasteiger charge is 2.16. The molecule has 1 saturated heterocycles. The van der Waals surface area contributed by atoms with Crippen LogP contribution in [0.3, 0.4) is 0 Å². The van der Waals surface area contributed by atoms with E-state index in [0.717, 1.165) is 45.0 Å². The number of aliphatic hydroxyl groups is 1. The molecule has 1 aliphatic heterocycles. The first-order valence-corrected chi connectivity index (χ1v) is 5.82. The lowest BCUT2D eigenvalue weighted by Gasteiger charge is -2.33. The van der Waals surface area contributed by atoms with Crippen LogP contribution in [0.15, 0.2) is 12.3 Å².